The number of rotatable bonds is 3. The monoisotopic (exact) mass is 200 g/mol. The maximum Gasteiger partial charge on any atom is 0.104 e. The van der Waals surface area contributed by atoms with Gasteiger partial charge in [-0.15, -0.1) is 18.3 Å². The number of nitrogens with zero attached hydrogens (tertiary/aromatic N) is 1. The zero-order valence-corrected chi connectivity index (χ0v) is 8.55. The van der Waals surface area contributed by atoms with Crippen LogP contribution in [0.5, 0.6) is 0 Å². The number of fused-ring (bicyclic) bond motifs is 1. The van der Waals surface area contributed by atoms with Crippen LogP contribution in [0.2, 0.25) is 0 Å². The Bertz CT molecular complexity index is 451. The number of para-hydroxylation sites is 1. The van der Waals surface area contributed by atoms with E-state index in [0.717, 1.165) is 21.6 Å². The molecule has 2 heteroatoms. The van der Waals surface area contributed by atoms with Crippen LogP contribution in [0.25, 0.3) is 10.9 Å². The van der Waals surface area contributed by atoms with Gasteiger partial charge in [-0.05, 0) is 12.1 Å². The molecule has 2 rings (SSSR count). The van der Waals surface area contributed by atoms with Crippen molar-refractivity contribution in [3.05, 3.63) is 49.2 Å². The summed E-state index contributed by atoms with van der Waals surface area (Å²) in [7, 11) is 0. The summed E-state index contributed by atoms with van der Waals surface area (Å²) in [6, 6.07) is 10.2. The third kappa shape index (κ3) is 1.96. The van der Waals surface area contributed by atoms with Gasteiger partial charge in [0.05, 0.1) is 5.52 Å². The molecule has 0 saturated heterocycles. The van der Waals surface area contributed by atoms with Crippen LogP contribution in [0.3, 0.4) is 0 Å². The lowest BCUT2D eigenvalue weighted by Crippen LogP contribution is -1.81. The molecule has 1 nitrogen and oxygen atoms in total. The number of benzene rings is 1. The Kier molecular flexibility index (Phi) is 2.84. The van der Waals surface area contributed by atoms with Gasteiger partial charge in [0.25, 0.3) is 0 Å². The Morgan fingerprint density at radius 1 is 1.43 bits per heavy atom. The Labute approximate surface area is 87.9 Å². The van der Waals surface area contributed by atoms with E-state index < -0.39 is 0 Å². The highest BCUT2D eigenvalue weighted by Crippen LogP contribution is 2.20. The van der Waals surface area contributed by atoms with Crippen molar-refractivity contribution in [3.63, 3.8) is 0 Å². The molecule has 0 fully saturated rings. The molecule has 1 aromatic heterocycles. The summed E-state index contributed by atoms with van der Waals surface area (Å²) in [5.41, 5.74) is 0.996. The fraction of sp³-hybridized carbons (Fsp3) is 0.0833. The number of thioether (sulfide) groups is 1. The predicted molar refractivity (Wildman–Crippen MR) is 61.5 cm³/mol. The van der Waals surface area contributed by atoms with Crippen LogP contribution < -0.4 is 0 Å². The molecule has 0 bridgehead atoms. The van der Waals surface area contributed by atoms with Crippen LogP contribution in [0, 0.1) is 6.20 Å². The van der Waals surface area contributed by atoms with Gasteiger partial charge in [-0.3, -0.25) is 0 Å². The second-order valence-corrected chi connectivity index (χ2v) is 3.95. The molecule has 0 N–H and O–H groups in total. The fourth-order valence-corrected chi connectivity index (χ4v) is 1.84. The molecule has 14 heavy (non-hydrogen) atoms. The first-order valence-electron chi connectivity index (χ1n) is 4.41. The van der Waals surface area contributed by atoms with Gasteiger partial charge in [-0.2, -0.15) is 0 Å². The van der Waals surface area contributed by atoms with Crippen LogP contribution >= 0.6 is 11.8 Å². The lowest BCUT2D eigenvalue weighted by Gasteiger charge is -1.99. The standard InChI is InChI=1S/C12H10NS/c1-2-7-14-11-8-10-5-3-4-6-12(10)13-9-11/h2-6,8H,1,7H2. The van der Waals surface area contributed by atoms with Gasteiger partial charge < -0.3 is 0 Å². The quantitative estimate of drug-likeness (QED) is 0.557. The normalized spacial score (nSPS) is 10.3. The van der Waals surface area contributed by atoms with Gasteiger partial charge in [0.15, 0.2) is 0 Å². The molecule has 1 radical (unpaired) electrons. The minimum Gasteiger partial charge on any atom is -0.245 e. The molecular formula is C12H10NS. The molecule has 0 aliphatic heterocycles. The van der Waals surface area contributed by atoms with Crippen molar-refractivity contribution >= 4 is 22.7 Å². The Hall–Kier alpha value is -1.28. The first-order chi connectivity index (χ1) is 6.90. The van der Waals surface area contributed by atoms with Crippen molar-refractivity contribution in [3.8, 4) is 0 Å². The topological polar surface area (TPSA) is 12.9 Å². The van der Waals surface area contributed by atoms with Crippen LogP contribution in [-0.4, -0.2) is 10.7 Å². The van der Waals surface area contributed by atoms with Crippen molar-refractivity contribution in [2.24, 2.45) is 0 Å². The number of pyridine rings is 1. The highest BCUT2D eigenvalue weighted by molar-refractivity contribution is 7.99. The van der Waals surface area contributed by atoms with Crippen LogP contribution in [-0.2, 0) is 0 Å². The summed E-state index contributed by atoms with van der Waals surface area (Å²) in [6.45, 7) is 3.68. The largest absolute Gasteiger partial charge is 0.245 e. The van der Waals surface area contributed by atoms with E-state index in [1.54, 1.807) is 11.8 Å². The number of hydrogen-bond donors (Lipinski definition) is 0. The summed E-state index contributed by atoms with van der Waals surface area (Å²) in [6.07, 6.45) is 4.89. The lowest BCUT2D eigenvalue weighted by molar-refractivity contribution is 1.28. The predicted octanol–water partition coefficient (Wildman–Crippen LogP) is 3.31. The average molecular weight is 200 g/mol. The lowest BCUT2D eigenvalue weighted by atomic mass is 10.2. The van der Waals surface area contributed by atoms with E-state index in [0.29, 0.717) is 0 Å². The van der Waals surface area contributed by atoms with Crippen molar-refractivity contribution in [2.45, 2.75) is 4.90 Å². The van der Waals surface area contributed by atoms with Gasteiger partial charge in [-0.1, -0.05) is 24.3 Å². The summed E-state index contributed by atoms with van der Waals surface area (Å²) in [5.74, 6) is 0.899. The van der Waals surface area contributed by atoms with Gasteiger partial charge in [-0.25, -0.2) is 4.98 Å². The molecule has 0 unspecified atom stereocenters. The van der Waals surface area contributed by atoms with Crippen molar-refractivity contribution in [1.29, 1.82) is 0 Å². The zero-order chi connectivity index (χ0) is 9.80. The van der Waals surface area contributed by atoms with Gasteiger partial charge in [0.1, 0.15) is 6.20 Å². The summed E-state index contributed by atoms with van der Waals surface area (Å²) < 4.78 is 0. The first kappa shape index (κ1) is 9.28. The SMILES string of the molecule is C=CCSc1[c]nc2ccccc2c1. The second kappa shape index (κ2) is 4.29. The molecule has 0 atom stereocenters. The van der Waals surface area contributed by atoms with E-state index in [-0.39, 0.29) is 0 Å². The van der Waals surface area contributed by atoms with E-state index in [4.69, 9.17) is 0 Å². The molecule has 0 saturated carbocycles. The molecule has 0 aliphatic rings. The highest BCUT2D eigenvalue weighted by Gasteiger charge is 1.96. The minimum atomic E-state index is 0.899. The first-order valence-corrected chi connectivity index (χ1v) is 5.40. The number of aromatic nitrogens is 1. The molecule has 1 aromatic carbocycles. The average Bonchev–Trinajstić information content (AvgIpc) is 2.26. The van der Waals surface area contributed by atoms with Crippen molar-refractivity contribution in [2.75, 3.05) is 5.75 Å². The second-order valence-electron chi connectivity index (χ2n) is 2.89. The van der Waals surface area contributed by atoms with Crippen molar-refractivity contribution < 1.29 is 0 Å². The van der Waals surface area contributed by atoms with Crippen LogP contribution in [0.4, 0.5) is 0 Å². The Balaban J connectivity index is 2.36. The smallest absolute Gasteiger partial charge is 0.104 e. The maximum absolute atomic E-state index is 4.25. The van der Waals surface area contributed by atoms with Crippen molar-refractivity contribution in [1.82, 2.24) is 4.98 Å². The molecule has 2 aromatic rings. The third-order valence-electron chi connectivity index (χ3n) is 1.87. The highest BCUT2D eigenvalue weighted by atomic mass is 32.2. The van der Waals surface area contributed by atoms with E-state index >= 15 is 0 Å². The van der Waals surface area contributed by atoms with Crippen LogP contribution in [0.1, 0.15) is 0 Å². The molecule has 0 spiro atoms. The van der Waals surface area contributed by atoms with Gasteiger partial charge >= 0.3 is 0 Å². The van der Waals surface area contributed by atoms with E-state index in [2.05, 4.69) is 29.9 Å². The van der Waals surface area contributed by atoms with E-state index in [9.17, 15) is 0 Å². The molecule has 1 heterocycles. The number of hydrogen-bond acceptors (Lipinski definition) is 2. The minimum absolute atomic E-state index is 0.899. The zero-order valence-electron chi connectivity index (χ0n) is 7.73. The van der Waals surface area contributed by atoms with Crippen LogP contribution in [0.15, 0.2) is 47.9 Å². The molecule has 0 aliphatic carbocycles. The molecule has 0 amide bonds. The fourth-order valence-electron chi connectivity index (χ4n) is 1.22. The van der Waals surface area contributed by atoms with E-state index in [1.165, 1.54) is 0 Å². The summed E-state index contributed by atoms with van der Waals surface area (Å²) in [5, 5.41) is 1.16. The van der Waals surface area contributed by atoms with Gasteiger partial charge in [0.2, 0.25) is 0 Å². The molecular weight excluding hydrogens is 190 g/mol. The molecule has 69 valence electrons. The summed E-state index contributed by atoms with van der Waals surface area (Å²) >= 11 is 1.70. The maximum atomic E-state index is 4.25. The van der Waals surface area contributed by atoms with E-state index in [1.807, 2.05) is 24.3 Å². The Morgan fingerprint density at radius 3 is 3.14 bits per heavy atom. The summed E-state index contributed by atoms with van der Waals surface area (Å²) in [4.78, 5) is 5.33. The van der Waals surface area contributed by atoms with Gasteiger partial charge in [0, 0.05) is 16.0 Å². The third-order valence-corrected chi connectivity index (χ3v) is 2.79. The Morgan fingerprint density at radius 2 is 2.29 bits per heavy atom.